The first-order chi connectivity index (χ1) is 9.60. The highest BCUT2D eigenvalue weighted by Crippen LogP contribution is 2.24. The van der Waals surface area contributed by atoms with Crippen LogP contribution in [0.3, 0.4) is 0 Å². The molecule has 0 aliphatic carbocycles. The summed E-state index contributed by atoms with van der Waals surface area (Å²) in [7, 11) is 0. The lowest BCUT2D eigenvalue weighted by Gasteiger charge is -2.04. The lowest BCUT2D eigenvalue weighted by Crippen LogP contribution is -2.10. The maximum atomic E-state index is 11.8. The molecule has 0 fully saturated rings. The first kappa shape index (κ1) is 14.3. The van der Waals surface area contributed by atoms with Crippen molar-refractivity contribution >= 4 is 29.2 Å². The molecule has 2 rings (SSSR count). The molecule has 100 valence electrons. The molecule has 0 N–H and O–H groups in total. The highest BCUT2D eigenvalue weighted by atomic mass is 35.5. The highest BCUT2D eigenvalue weighted by Gasteiger charge is 2.11. The van der Waals surface area contributed by atoms with Crippen LogP contribution in [0.15, 0.2) is 36.4 Å². The lowest BCUT2D eigenvalue weighted by atomic mass is 10.1. The van der Waals surface area contributed by atoms with E-state index in [4.69, 9.17) is 33.2 Å². The van der Waals surface area contributed by atoms with Gasteiger partial charge in [0.15, 0.2) is 5.69 Å². The van der Waals surface area contributed by atoms with Gasteiger partial charge in [-0.25, -0.2) is 4.79 Å². The zero-order valence-electron chi connectivity index (χ0n) is 9.96. The predicted octanol–water partition coefficient (Wildman–Crippen LogP) is 3.04. The monoisotopic (exact) mass is 307 g/mol. The Hall–Kier alpha value is -2.16. The number of benzene rings is 1. The Balaban J connectivity index is 2.09. The highest BCUT2D eigenvalue weighted by molar-refractivity contribution is 6.44. The zero-order chi connectivity index (χ0) is 14.5. The van der Waals surface area contributed by atoms with Crippen LogP contribution < -0.4 is 4.74 Å². The summed E-state index contributed by atoms with van der Waals surface area (Å²) in [6.45, 7) is 0. The van der Waals surface area contributed by atoms with Crippen LogP contribution in [0.4, 0.5) is 0 Å². The van der Waals surface area contributed by atoms with E-state index in [0.29, 0.717) is 11.1 Å². The lowest BCUT2D eigenvalue weighted by molar-refractivity contribution is 0.0726. The van der Waals surface area contributed by atoms with E-state index in [1.165, 1.54) is 12.1 Å². The third kappa shape index (κ3) is 3.44. The molecule has 0 spiro atoms. The maximum Gasteiger partial charge on any atom is 0.344 e. The summed E-state index contributed by atoms with van der Waals surface area (Å²) in [6.07, 6.45) is 0. The van der Waals surface area contributed by atoms with Crippen molar-refractivity contribution in [2.75, 3.05) is 0 Å². The molecule has 1 heterocycles. The van der Waals surface area contributed by atoms with Gasteiger partial charge in [0.2, 0.25) is 5.88 Å². The normalized spacial score (nSPS) is 10.1. The van der Waals surface area contributed by atoms with Gasteiger partial charge in [-0.05, 0) is 23.8 Å². The minimum absolute atomic E-state index is 0.0191. The van der Waals surface area contributed by atoms with Crippen LogP contribution in [0, 0.1) is 11.3 Å². The molecule has 0 amide bonds. The van der Waals surface area contributed by atoms with E-state index < -0.39 is 10.8 Å². The average molecular weight is 308 g/mol. The van der Waals surface area contributed by atoms with Gasteiger partial charge in [0.05, 0.1) is 5.56 Å². The summed E-state index contributed by atoms with van der Waals surface area (Å²) in [4.78, 5) is 11.2. The van der Waals surface area contributed by atoms with Crippen molar-refractivity contribution in [3.05, 3.63) is 53.2 Å². The quantitative estimate of drug-likeness (QED) is 0.643. The number of halogens is 2. The molecule has 1 aromatic carbocycles. The topological polar surface area (TPSA) is 75.9 Å². The standard InChI is InChI=1S/C13H7Cl2N3O2/c14-12(15)8-1-3-9(4-2-8)13(19)20-11-6-5-10(7-16)17-18-11/h1-6,12H. The Morgan fingerprint density at radius 2 is 1.85 bits per heavy atom. The van der Waals surface area contributed by atoms with E-state index in [0.717, 1.165) is 0 Å². The molecule has 0 saturated carbocycles. The molecule has 5 nitrogen and oxygen atoms in total. The molecule has 7 heteroatoms. The van der Waals surface area contributed by atoms with E-state index in [-0.39, 0.29) is 11.6 Å². The molecule has 2 aromatic rings. The van der Waals surface area contributed by atoms with Gasteiger partial charge in [0.1, 0.15) is 10.9 Å². The number of hydrogen-bond acceptors (Lipinski definition) is 5. The van der Waals surface area contributed by atoms with Gasteiger partial charge < -0.3 is 4.74 Å². The van der Waals surface area contributed by atoms with Crippen molar-refractivity contribution < 1.29 is 9.53 Å². The van der Waals surface area contributed by atoms with Crippen molar-refractivity contribution in [2.24, 2.45) is 0 Å². The second-order valence-electron chi connectivity index (χ2n) is 3.68. The number of ether oxygens (including phenoxy) is 1. The van der Waals surface area contributed by atoms with E-state index in [9.17, 15) is 4.79 Å². The molecule has 0 aliphatic rings. The van der Waals surface area contributed by atoms with Gasteiger partial charge in [-0.1, -0.05) is 12.1 Å². The number of rotatable bonds is 3. The molecule has 20 heavy (non-hydrogen) atoms. The number of nitriles is 1. The third-order valence-corrected chi connectivity index (χ3v) is 2.85. The summed E-state index contributed by atoms with van der Waals surface area (Å²) < 4.78 is 5.01. The number of carbonyl (C=O) groups is 1. The first-order valence-electron chi connectivity index (χ1n) is 5.44. The van der Waals surface area contributed by atoms with Crippen LogP contribution in [0.2, 0.25) is 0 Å². The van der Waals surface area contributed by atoms with Crippen LogP contribution in [0.25, 0.3) is 0 Å². The Morgan fingerprint density at radius 3 is 2.35 bits per heavy atom. The van der Waals surface area contributed by atoms with Crippen LogP contribution >= 0.6 is 23.2 Å². The van der Waals surface area contributed by atoms with Crippen molar-refractivity contribution in [3.8, 4) is 11.9 Å². The maximum absolute atomic E-state index is 11.8. The summed E-state index contributed by atoms with van der Waals surface area (Å²) in [6, 6.07) is 11.0. The molecule has 0 bridgehead atoms. The number of alkyl halides is 2. The minimum Gasteiger partial charge on any atom is -0.402 e. The average Bonchev–Trinajstić information content (AvgIpc) is 2.48. The van der Waals surface area contributed by atoms with Crippen molar-refractivity contribution in [1.82, 2.24) is 10.2 Å². The number of esters is 1. The van der Waals surface area contributed by atoms with E-state index in [1.54, 1.807) is 24.3 Å². The van der Waals surface area contributed by atoms with Crippen LogP contribution in [-0.2, 0) is 0 Å². The smallest absolute Gasteiger partial charge is 0.344 e. The fourth-order valence-electron chi connectivity index (χ4n) is 1.35. The van der Waals surface area contributed by atoms with Crippen LogP contribution in [0.1, 0.15) is 26.5 Å². The van der Waals surface area contributed by atoms with Gasteiger partial charge >= 0.3 is 5.97 Å². The van der Waals surface area contributed by atoms with Gasteiger partial charge in [-0.2, -0.15) is 5.26 Å². The Labute approximate surface area is 124 Å². The van der Waals surface area contributed by atoms with Crippen LogP contribution in [-0.4, -0.2) is 16.2 Å². The summed E-state index contributed by atoms with van der Waals surface area (Å²) in [5.74, 6) is -0.568. The van der Waals surface area contributed by atoms with E-state index >= 15 is 0 Å². The van der Waals surface area contributed by atoms with Gasteiger partial charge in [0, 0.05) is 6.07 Å². The Morgan fingerprint density at radius 1 is 1.15 bits per heavy atom. The zero-order valence-corrected chi connectivity index (χ0v) is 11.5. The summed E-state index contributed by atoms with van der Waals surface area (Å²) in [5.41, 5.74) is 1.15. The van der Waals surface area contributed by atoms with E-state index in [2.05, 4.69) is 10.2 Å². The molecule has 0 unspecified atom stereocenters. The SMILES string of the molecule is N#Cc1ccc(OC(=O)c2ccc(C(Cl)Cl)cc2)nn1. The summed E-state index contributed by atoms with van der Waals surface area (Å²) >= 11 is 11.4. The van der Waals surface area contributed by atoms with Crippen molar-refractivity contribution in [3.63, 3.8) is 0 Å². The third-order valence-electron chi connectivity index (χ3n) is 2.35. The molecule has 0 atom stereocenters. The number of carbonyl (C=O) groups excluding carboxylic acids is 1. The first-order valence-corrected chi connectivity index (χ1v) is 6.31. The molecule has 0 aliphatic heterocycles. The summed E-state index contributed by atoms with van der Waals surface area (Å²) in [5, 5.41) is 15.7. The molecule has 1 aromatic heterocycles. The fraction of sp³-hybridized carbons (Fsp3) is 0.0769. The molecule has 0 radical (unpaired) electrons. The number of hydrogen-bond donors (Lipinski definition) is 0. The van der Waals surface area contributed by atoms with Gasteiger partial charge in [-0.3, -0.25) is 0 Å². The predicted molar refractivity (Wildman–Crippen MR) is 72.6 cm³/mol. The number of aromatic nitrogens is 2. The Bertz CT molecular complexity index is 649. The number of nitrogens with zero attached hydrogens (tertiary/aromatic N) is 3. The molecular weight excluding hydrogens is 301 g/mol. The van der Waals surface area contributed by atoms with Gasteiger partial charge in [-0.15, -0.1) is 33.4 Å². The largest absolute Gasteiger partial charge is 0.402 e. The molecule has 0 saturated heterocycles. The van der Waals surface area contributed by atoms with Crippen molar-refractivity contribution in [2.45, 2.75) is 4.84 Å². The second kappa shape index (κ2) is 6.33. The molecular formula is C13H7Cl2N3O2. The van der Waals surface area contributed by atoms with E-state index in [1.807, 2.05) is 6.07 Å². The Kier molecular flexibility index (Phi) is 4.51. The fourth-order valence-corrected chi connectivity index (χ4v) is 1.64. The van der Waals surface area contributed by atoms with Gasteiger partial charge in [0.25, 0.3) is 0 Å². The second-order valence-corrected chi connectivity index (χ2v) is 4.78. The van der Waals surface area contributed by atoms with Crippen LogP contribution in [0.5, 0.6) is 5.88 Å². The minimum atomic E-state index is -0.649. The van der Waals surface area contributed by atoms with Crippen molar-refractivity contribution in [1.29, 1.82) is 5.26 Å².